The third-order valence-electron chi connectivity index (χ3n) is 6.46. The number of hydrogen-bond acceptors (Lipinski definition) is 8. The highest BCUT2D eigenvalue weighted by atomic mass is 16.6. The lowest BCUT2D eigenvalue weighted by Crippen LogP contribution is -2.47. The van der Waals surface area contributed by atoms with Gasteiger partial charge in [0.05, 0.1) is 29.9 Å². The molecular weight excluding hydrogens is 502 g/mol. The molecule has 4 rings (SSSR count). The van der Waals surface area contributed by atoms with Gasteiger partial charge >= 0.3 is 0 Å². The number of benzene rings is 3. The summed E-state index contributed by atoms with van der Waals surface area (Å²) >= 11 is 0. The molecule has 0 atom stereocenters. The Hall–Kier alpha value is -4.64. The maximum atomic E-state index is 13.2. The van der Waals surface area contributed by atoms with Crippen molar-refractivity contribution >= 4 is 34.6 Å². The summed E-state index contributed by atoms with van der Waals surface area (Å²) in [5.41, 5.74) is 2.55. The summed E-state index contributed by atoms with van der Waals surface area (Å²) in [5.74, 6) is 0.0104. The Morgan fingerprint density at radius 2 is 1.62 bits per heavy atom. The highest BCUT2D eigenvalue weighted by molar-refractivity contribution is 6.06. The molecule has 204 valence electrons. The van der Waals surface area contributed by atoms with Crippen LogP contribution in [0.3, 0.4) is 0 Å². The van der Waals surface area contributed by atoms with E-state index in [0.29, 0.717) is 37.5 Å². The third-order valence-corrected chi connectivity index (χ3v) is 6.46. The number of ether oxygens (including phenoxy) is 2. The summed E-state index contributed by atoms with van der Waals surface area (Å²) in [6.07, 6.45) is 0. The van der Waals surface area contributed by atoms with Gasteiger partial charge in [0.15, 0.2) is 0 Å². The molecule has 11 heteroatoms. The zero-order valence-corrected chi connectivity index (χ0v) is 21.9. The molecule has 1 heterocycles. The van der Waals surface area contributed by atoms with Gasteiger partial charge in [-0.1, -0.05) is 18.2 Å². The summed E-state index contributed by atoms with van der Waals surface area (Å²) in [5, 5.41) is 16.7. The molecule has 0 bridgehead atoms. The number of para-hydroxylation sites is 2. The Morgan fingerprint density at radius 3 is 2.31 bits per heavy atom. The number of methoxy groups -OCH3 is 2. The fourth-order valence-electron chi connectivity index (χ4n) is 4.48. The monoisotopic (exact) mass is 533 g/mol. The van der Waals surface area contributed by atoms with Gasteiger partial charge in [0, 0.05) is 68.9 Å². The first-order valence-electron chi connectivity index (χ1n) is 12.5. The number of nitro benzene ring substituents is 1. The fourth-order valence-corrected chi connectivity index (χ4v) is 4.48. The lowest BCUT2D eigenvalue weighted by molar-refractivity contribution is -0.384. The van der Waals surface area contributed by atoms with Crippen molar-refractivity contribution in [3.63, 3.8) is 0 Å². The molecule has 3 aromatic carbocycles. The van der Waals surface area contributed by atoms with Crippen LogP contribution in [0.1, 0.15) is 20.7 Å². The van der Waals surface area contributed by atoms with Gasteiger partial charge in [-0.15, -0.1) is 0 Å². The largest absolute Gasteiger partial charge is 0.495 e. The van der Waals surface area contributed by atoms with Crippen LogP contribution in [0.25, 0.3) is 0 Å². The number of carbonyl (C=O) groups is 2. The number of rotatable bonds is 10. The average molecular weight is 534 g/mol. The maximum Gasteiger partial charge on any atom is 0.270 e. The first-order chi connectivity index (χ1) is 18.9. The van der Waals surface area contributed by atoms with Gasteiger partial charge in [0.25, 0.3) is 17.5 Å². The second-order valence-corrected chi connectivity index (χ2v) is 8.89. The van der Waals surface area contributed by atoms with Crippen LogP contribution in [0.4, 0.5) is 22.7 Å². The Kier molecular flexibility index (Phi) is 8.95. The van der Waals surface area contributed by atoms with Gasteiger partial charge in [0.1, 0.15) is 5.75 Å². The number of hydrogen-bond donors (Lipinski definition) is 2. The average Bonchev–Trinajstić information content (AvgIpc) is 2.97. The van der Waals surface area contributed by atoms with E-state index in [9.17, 15) is 19.7 Å². The molecular formula is C28H31N5O6. The van der Waals surface area contributed by atoms with Gasteiger partial charge < -0.3 is 29.9 Å². The Balaban J connectivity index is 1.54. The number of nitrogens with zero attached hydrogens (tertiary/aromatic N) is 3. The number of nitro groups is 1. The van der Waals surface area contributed by atoms with Gasteiger partial charge in [-0.2, -0.15) is 0 Å². The van der Waals surface area contributed by atoms with Crippen molar-refractivity contribution in [2.24, 2.45) is 0 Å². The lowest BCUT2D eigenvalue weighted by atomic mass is 10.1. The van der Waals surface area contributed by atoms with Crippen LogP contribution in [-0.4, -0.2) is 70.3 Å². The van der Waals surface area contributed by atoms with E-state index in [2.05, 4.69) is 20.4 Å². The molecule has 1 aliphatic heterocycles. The Labute approximate surface area is 226 Å². The number of amides is 2. The lowest BCUT2D eigenvalue weighted by Gasteiger charge is -2.38. The first-order valence-corrected chi connectivity index (χ1v) is 12.5. The van der Waals surface area contributed by atoms with Crippen LogP contribution in [-0.2, 0) is 4.74 Å². The number of non-ortho nitro benzene ring substituents is 1. The zero-order chi connectivity index (χ0) is 27.8. The Morgan fingerprint density at radius 1 is 0.897 bits per heavy atom. The minimum absolute atomic E-state index is 0.145. The predicted octanol–water partition coefficient (Wildman–Crippen LogP) is 3.56. The van der Waals surface area contributed by atoms with Gasteiger partial charge in [-0.25, -0.2) is 0 Å². The number of carbonyl (C=O) groups excluding carboxylic acids is 2. The molecule has 3 aromatic rings. The van der Waals surface area contributed by atoms with Crippen molar-refractivity contribution in [2.75, 3.05) is 68.7 Å². The number of nitrogens with one attached hydrogen (secondary N) is 2. The molecule has 1 saturated heterocycles. The van der Waals surface area contributed by atoms with Crippen molar-refractivity contribution < 1.29 is 24.0 Å². The molecule has 1 fully saturated rings. The van der Waals surface area contributed by atoms with Crippen LogP contribution in [0, 0.1) is 10.1 Å². The number of piperazine rings is 1. The van der Waals surface area contributed by atoms with E-state index in [0.717, 1.165) is 30.2 Å². The van der Waals surface area contributed by atoms with Crippen molar-refractivity contribution in [3.05, 3.63) is 88.0 Å². The summed E-state index contributed by atoms with van der Waals surface area (Å²) < 4.78 is 10.6. The van der Waals surface area contributed by atoms with Crippen molar-refractivity contribution in [3.8, 4) is 5.75 Å². The fraction of sp³-hybridized carbons (Fsp3) is 0.286. The highest BCUT2D eigenvalue weighted by Crippen LogP contribution is 2.31. The smallest absolute Gasteiger partial charge is 0.270 e. The second-order valence-electron chi connectivity index (χ2n) is 8.89. The van der Waals surface area contributed by atoms with E-state index < -0.39 is 10.8 Å². The van der Waals surface area contributed by atoms with Crippen LogP contribution in [0.5, 0.6) is 5.75 Å². The Bertz CT molecular complexity index is 1340. The van der Waals surface area contributed by atoms with E-state index >= 15 is 0 Å². The van der Waals surface area contributed by atoms with E-state index in [4.69, 9.17) is 9.47 Å². The van der Waals surface area contributed by atoms with Gasteiger partial charge in [-0.3, -0.25) is 19.7 Å². The minimum atomic E-state index is -0.554. The summed E-state index contributed by atoms with van der Waals surface area (Å²) in [6.45, 7) is 3.51. The third kappa shape index (κ3) is 6.63. The van der Waals surface area contributed by atoms with E-state index in [1.165, 1.54) is 24.3 Å². The first kappa shape index (κ1) is 27.4. The summed E-state index contributed by atoms with van der Waals surface area (Å²) in [6, 6.07) is 18.5. The van der Waals surface area contributed by atoms with E-state index in [-0.39, 0.29) is 17.2 Å². The van der Waals surface area contributed by atoms with Crippen LogP contribution in [0.2, 0.25) is 0 Å². The van der Waals surface area contributed by atoms with E-state index in [1.54, 1.807) is 26.4 Å². The molecule has 0 aromatic heterocycles. The van der Waals surface area contributed by atoms with Gasteiger partial charge in [0.2, 0.25) is 0 Å². The quantitative estimate of drug-likeness (QED) is 0.230. The molecule has 0 aliphatic carbocycles. The molecule has 0 spiro atoms. The second kappa shape index (κ2) is 12.7. The minimum Gasteiger partial charge on any atom is -0.495 e. The van der Waals surface area contributed by atoms with Gasteiger partial charge in [-0.05, 0) is 36.4 Å². The van der Waals surface area contributed by atoms with Crippen molar-refractivity contribution in [1.82, 2.24) is 5.32 Å². The standard InChI is InChI=1S/C28H31N5O6/c1-38-17-12-29-28(35)23-19-21(30-27(34)20-6-5-7-22(18-20)33(36)37)10-11-24(23)31-13-15-32(16-14-31)25-8-3-4-9-26(25)39-2/h3-11,18-19H,12-17H2,1-2H3,(H,29,35)(H,30,34). The summed E-state index contributed by atoms with van der Waals surface area (Å²) in [7, 11) is 3.21. The molecule has 1 aliphatic rings. The maximum absolute atomic E-state index is 13.2. The van der Waals surface area contributed by atoms with Crippen LogP contribution in [0.15, 0.2) is 66.7 Å². The number of anilines is 3. The SMILES string of the molecule is COCCNC(=O)c1cc(NC(=O)c2cccc([N+](=O)[O-])c2)ccc1N1CCN(c2ccccc2OC)CC1. The van der Waals surface area contributed by atoms with Crippen LogP contribution < -0.4 is 25.2 Å². The van der Waals surface area contributed by atoms with Crippen molar-refractivity contribution in [2.45, 2.75) is 0 Å². The molecule has 39 heavy (non-hydrogen) atoms. The highest BCUT2D eigenvalue weighted by Gasteiger charge is 2.24. The molecule has 0 unspecified atom stereocenters. The topological polar surface area (TPSA) is 126 Å². The molecule has 2 N–H and O–H groups in total. The molecule has 0 radical (unpaired) electrons. The van der Waals surface area contributed by atoms with E-state index in [1.807, 2.05) is 30.3 Å². The zero-order valence-electron chi connectivity index (χ0n) is 21.9. The van der Waals surface area contributed by atoms with Crippen molar-refractivity contribution in [1.29, 1.82) is 0 Å². The predicted molar refractivity (Wildman–Crippen MR) is 149 cm³/mol. The molecule has 11 nitrogen and oxygen atoms in total. The van der Waals surface area contributed by atoms with Crippen LogP contribution >= 0.6 is 0 Å². The summed E-state index contributed by atoms with van der Waals surface area (Å²) in [4.78, 5) is 40.9. The molecule has 2 amide bonds. The normalized spacial score (nSPS) is 13.1. The molecule has 0 saturated carbocycles.